The molecule has 0 saturated heterocycles. The van der Waals surface area contributed by atoms with E-state index in [-0.39, 0.29) is 11.7 Å². The Hall–Kier alpha value is -1.02. The van der Waals surface area contributed by atoms with Crippen LogP contribution >= 0.6 is 11.6 Å². The van der Waals surface area contributed by atoms with Crippen LogP contribution in [0.3, 0.4) is 0 Å². The first kappa shape index (κ1) is 10.1. The Morgan fingerprint density at radius 3 is 2.77 bits per heavy atom. The fourth-order valence-electron chi connectivity index (χ4n) is 1.12. The lowest BCUT2D eigenvalue weighted by Gasteiger charge is -2.03. The van der Waals surface area contributed by atoms with Gasteiger partial charge in [-0.2, -0.15) is 0 Å². The molecule has 0 aliphatic heterocycles. The number of nitrogens with two attached hydrogens (primary N) is 1. The normalized spacial score (nSPS) is 10.0. The number of alkyl halides is 1. The smallest absolute Gasteiger partial charge is 0.151 e. The van der Waals surface area contributed by atoms with Crippen LogP contribution in [0.5, 0.6) is 0 Å². The molecule has 2 N–H and O–H groups in total. The van der Waals surface area contributed by atoms with Crippen LogP contribution in [0.4, 0.5) is 5.69 Å². The Labute approximate surface area is 82.7 Å². The second kappa shape index (κ2) is 4.28. The largest absolute Gasteiger partial charge is 0.399 e. The number of Topliss-reactive ketones (excluding diaryl/α,β-unsaturated/α-hetero) is 1. The highest BCUT2D eigenvalue weighted by Gasteiger charge is 2.02. The fourth-order valence-corrected chi connectivity index (χ4v) is 1.22. The lowest BCUT2D eigenvalue weighted by atomic mass is 10.1. The van der Waals surface area contributed by atoms with Gasteiger partial charge >= 0.3 is 0 Å². The molecule has 0 spiro atoms. The van der Waals surface area contributed by atoms with E-state index >= 15 is 0 Å². The number of ketones is 1. The SMILES string of the molecule is Cc1cc(CC(=O)CCl)ccc1N. The van der Waals surface area contributed by atoms with Crippen molar-refractivity contribution < 1.29 is 4.79 Å². The summed E-state index contributed by atoms with van der Waals surface area (Å²) < 4.78 is 0. The number of nitrogen functional groups attached to an aromatic ring is 1. The summed E-state index contributed by atoms with van der Waals surface area (Å²) in [5.41, 5.74) is 8.36. The molecule has 13 heavy (non-hydrogen) atoms. The number of benzene rings is 1. The average Bonchev–Trinajstić information content (AvgIpc) is 2.11. The van der Waals surface area contributed by atoms with Crippen molar-refractivity contribution in [2.24, 2.45) is 0 Å². The summed E-state index contributed by atoms with van der Waals surface area (Å²) in [5.74, 6) is 0.106. The molecule has 0 unspecified atom stereocenters. The van der Waals surface area contributed by atoms with E-state index in [9.17, 15) is 4.79 Å². The maximum absolute atomic E-state index is 11.0. The van der Waals surface area contributed by atoms with E-state index in [1.54, 1.807) is 0 Å². The van der Waals surface area contributed by atoms with Gasteiger partial charge in [0.1, 0.15) is 0 Å². The lowest BCUT2D eigenvalue weighted by molar-refractivity contribution is -0.116. The third kappa shape index (κ3) is 2.74. The van der Waals surface area contributed by atoms with Gasteiger partial charge in [0.05, 0.1) is 5.88 Å². The molecule has 0 fully saturated rings. The second-order valence-corrected chi connectivity index (χ2v) is 3.31. The fraction of sp³-hybridized carbons (Fsp3) is 0.300. The molecule has 1 aromatic rings. The molecule has 0 aliphatic rings. The van der Waals surface area contributed by atoms with Gasteiger partial charge in [0.25, 0.3) is 0 Å². The number of carbonyl (C=O) groups excluding carboxylic acids is 1. The van der Waals surface area contributed by atoms with E-state index in [4.69, 9.17) is 17.3 Å². The van der Waals surface area contributed by atoms with E-state index in [2.05, 4.69) is 0 Å². The topological polar surface area (TPSA) is 43.1 Å². The molecule has 0 radical (unpaired) electrons. The summed E-state index contributed by atoms with van der Waals surface area (Å²) in [6, 6.07) is 5.58. The summed E-state index contributed by atoms with van der Waals surface area (Å²) in [4.78, 5) is 11.0. The van der Waals surface area contributed by atoms with Gasteiger partial charge in [0.15, 0.2) is 5.78 Å². The van der Waals surface area contributed by atoms with Crippen molar-refractivity contribution in [2.75, 3.05) is 11.6 Å². The summed E-state index contributed by atoms with van der Waals surface area (Å²) in [6.45, 7) is 1.92. The molecule has 0 bridgehead atoms. The van der Waals surface area contributed by atoms with Crippen LogP contribution in [0.25, 0.3) is 0 Å². The van der Waals surface area contributed by atoms with Gasteiger partial charge in [-0.15, -0.1) is 11.6 Å². The minimum Gasteiger partial charge on any atom is -0.399 e. The molecule has 0 amide bonds. The predicted molar refractivity (Wildman–Crippen MR) is 55.0 cm³/mol. The van der Waals surface area contributed by atoms with Gasteiger partial charge in [-0.1, -0.05) is 12.1 Å². The molecule has 2 nitrogen and oxygen atoms in total. The summed E-state index contributed by atoms with van der Waals surface area (Å²) >= 11 is 5.40. The van der Waals surface area contributed by atoms with Crippen LogP contribution < -0.4 is 5.73 Å². The summed E-state index contributed by atoms with van der Waals surface area (Å²) in [6.07, 6.45) is 0.393. The van der Waals surface area contributed by atoms with Crippen LogP contribution in [0.1, 0.15) is 11.1 Å². The second-order valence-electron chi connectivity index (χ2n) is 3.04. The summed E-state index contributed by atoms with van der Waals surface area (Å²) in [7, 11) is 0. The Kier molecular flexibility index (Phi) is 3.32. The maximum Gasteiger partial charge on any atom is 0.151 e. The van der Waals surface area contributed by atoms with E-state index in [1.807, 2.05) is 25.1 Å². The molecule has 0 atom stereocenters. The molecule has 1 aromatic carbocycles. The highest BCUT2D eigenvalue weighted by Crippen LogP contribution is 2.13. The Bertz CT molecular complexity index is 323. The number of halogens is 1. The van der Waals surface area contributed by atoms with E-state index in [0.717, 1.165) is 16.8 Å². The average molecular weight is 198 g/mol. The van der Waals surface area contributed by atoms with E-state index in [0.29, 0.717) is 6.42 Å². The van der Waals surface area contributed by atoms with Crippen LogP contribution in [-0.4, -0.2) is 11.7 Å². The minimum atomic E-state index is 0.0332. The number of hydrogen-bond donors (Lipinski definition) is 1. The monoisotopic (exact) mass is 197 g/mol. The molecule has 70 valence electrons. The first-order valence-corrected chi connectivity index (χ1v) is 4.59. The molecule has 1 rings (SSSR count). The third-order valence-electron chi connectivity index (χ3n) is 1.88. The van der Waals surface area contributed by atoms with Crippen molar-refractivity contribution in [1.82, 2.24) is 0 Å². The Morgan fingerprint density at radius 2 is 2.23 bits per heavy atom. The van der Waals surface area contributed by atoms with Gasteiger partial charge in [0.2, 0.25) is 0 Å². The van der Waals surface area contributed by atoms with Crippen molar-refractivity contribution in [3.63, 3.8) is 0 Å². The Balaban J connectivity index is 2.79. The van der Waals surface area contributed by atoms with Crippen molar-refractivity contribution in [3.8, 4) is 0 Å². The van der Waals surface area contributed by atoms with Crippen molar-refractivity contribution in [3.05, 3.63) is 29.3 Å². The quantitative estimate of drug-likeness (QED) is 0.595. The first-order valence-electron chi connectivity index (χ1n) is 4.06. The highest BCUT2D eigenvalue weighted by atomic mass is 35.5. The molecular weight excluding hydrogens is 186 g/mol. The predicted octanol–water partition coefficient (Wildman–Crippen LogP) is 1.93. The number of hydrogen-bond acceptors (Lipinski definition) is 2. The van der Waals surface area contributed by atoms with Gasteiger partial charge in [0, 0.05) is 12.1 Å². The van der Waals surface area contributed by atoms with Crippen molar-refractivity contribution in [2.45, 2.75) is 13.3 Å². The number of carbonyl (C=O) groups is 1. The third-order valence-corrected chi connectivity index (χ3v) is 2.18. The zero-order valence-electron chi connectivity index (χ0n) is 7.51. The molecule has 0 aliphatic carbocycles. The van der Waals surface area contributed by atoms with Crippen LogP contribution in [-0.2, 0) is 11.2 Å². The standard InChI is InChI=1S/C10H12ClNO/c1-7-4-8(2-3-10(7)12)5-9(13)6-11/h2-4H,5-6,12H2,1H3. The molecular formula is C10H12ClNO. The van der Waals surface area contributed by atoms with Crippen LogP contribution in [0.15, 0.2) is 18.2 Å². The van der Waals surface area contributed by atoms with E-state index in [1.165, 1.54) is 0 Å². The van der Waals surface area contributed by atoms with Gasteiger partial charge in [-0.05, 0) is 24.1 Å². The van der Waals surface area contributed by atoms with Gasteiger partial charge in [-0.3, -0.25) is 4.79 Å². The highest BCUT2D eigenvalue weighted by molar-refractivity contribution is 6.27. The first-order chi connectivity index (χ1) is 6.13. The molecule has 0 aromatic heterocycles. The van der Waals surface area contributed by atoms with E-state index < -0.39 is 0 Å². The number of rotatable bonds is 3. The number of anilines is 1. The lowest BCUT2D eigenvalue weighted by Crippen LogP contribution is -2.04. The number of aryl methyl sites for hydroxylation is 1. The van der Waals surface area contributed by atoms with Gasteiger partial charge < -0.3 is 5.73 Å². The zero-order valence-corrected chi connectivity index (χ0v) is 8.27. The Morgan fingerprint density at radius 1 is 1.54 bits per heavy atom. The molecule has 0 heterocycles. The molecule has 3 heteroatoms. The maximum atomic E-state index is 11.0. The minimum absolute atomic E-state index is 0.0332. The van der Waals surface area contributed by atoms with Crippen molar-refractivity contribution >= 4 is 23.1 Å². The van der Waals surface area contributed by atoms with Crippen LogP contribution in [0.2, 0.25) is 0 Å². The van der Waals surface area contributed by atoms with Crippen molar-refractivity contribution in [1.29, 1.82) is 0 Å². The zero-order chi connectivity index (χ0) is 9.84. The van der Waals surface area contributed by atoms with Gasteiger partial charge in [-0.25, -0.2) is 0 Å². The molecule has 0 saturated carbocycles. The summed E-state index contributed by atoms with van der Waals surface area (Å²) in [5, 5.41) is 0. The van der Waals surface area contributed by atoms with Crippen LogP contribution in [0, 0.1) is 6.92 Å².